The molecule has 0 N–H and O–H groups in total. The third-order valence-electron chi connectivity index (χ3n) is 6.93. The van der Waals surface area contributed by atoms with Crippen molar-refractivity contribution in [1.29, 1.82) is 0 Å². The van der Waals surface area contributed by atoms with Crippen molar-refractivity contribution in [1.82, 2.24) is 0 Å². The van der Waals surface area contributed by atoms with E-state index < -0.39 is 23.3 Å². The van der Waals surface area contributed by atoms with E-state index in [4.69, 9.17) is 4.74 Å². The Balaban J connectivity index is 1.29. The number of rotatable bonds is 6. The van der Waals surface area contributed by atoms with Crippen molar-refractivity contribution < 1.29 is 28.8 Å². The fourth-order valence-corrected chi connectivity index (χ4v) is 5.39. The smallest absolute Gasteiger partial charge is 0.338 e. The second-order valence-electron chi connectivity index (χ2n) is 8.84. The number of imide groups is 1. The zero-order valence-electron chi connectivity index (χ0n) is 18.2. The number of esters is 1. The number of carbonyl (C=O) groups excluding carboxylic acids is 4. The molecule has 1 heterocycles. The normalized spacial score (nSPS) is 24.7. The van der Waals surface area contributed by atoms with Crippen LogP contribution in [-0.2, 0) is 14.3 Å². The number of amides is 2. The molecule has 172 valence electrons. The number of nitrogens with zero attached hydrogens (tertiary/aromatic N) is 2. The van der Waals surface area contributed by atoms with E-state index in [9.17, 15) is 29.3 Å². The number of non-ortho nitro benzene ring substituents is 1. The molecule has 2 aliphatic carbocycles. The van der Waals surface area contributed by atoms with Gasteiger partial charge in [0.15, 0.2) is 6.61 Å². The van der Waals surface area contributed by atoms with Crippen LogP contribution in [0.15, 0.2) is 60.2 Å². The largest absolute Gasteiger partial charge is 0.454 e. The van der Waals surface area contributed by atoms with Crippen LogP contribution in [0.2, 0.25) is 0 Å². The van der Waals surface area contributed by atoms with Gasteiger partial charge >= 0.3 is 5.97 Å². The van der Waals surface area contributed by atoms with E-state index in [1.54, 1.807) is 12.1 Å². The first-order chi connectivity index (χ1) is 16.3. The van der Waals surface area contributed by atoms with Crippen LogP contribution in [-0.4, -0.2) is 35.1 Å². The Morgan fingerprint density at radius 3 is 2.53 bits per heavy atom. The van der Waals surface area contributed by atoms with E-state index in [0.29, 0.717) is 5.69 Å². The summed E-state index contributed by atoms with van der Waals surface area (Å²) in [7, 11) is 0. The van der Waals surface area contributed by atoms with Crippen molar-refractivity contribution in [3.63, 3.8) is 0 Å². The van der Waals surface area contributed by atoms with Gasteiger partial charge in [0.25, 0.3) is 5.69 Å². The molecular weight excluding hydrogens is 440 g/mol. The van der Waals surface area contributed by atoms with E-state index in [2.05, 4.69) is 6.08 Å². The summed E-state index contributed by atoms with van der Waals surface area (Å²) in [6.07, 6.45) is 2.92. The summed E-state index contributed by atoms with van der Waals surface area (Å²) in [5, 5.41) is 10.9. The molecule has 1 saturated heterocycles. The summed E-state index contributed by atoms with van der Waals surface area (Å²) in [5.41, 5.74) is 1.34. The third kappa shape index (κ3) is 3.40. The zero-order chi connectivity index (χ0) is 24.1. The van der Waals surface area contributed by atoms with Gasteiger partial charge in [0, 0.05) is 17.7 Å². The van der Waals surface area contributed by atoms with Gasteiger partial charge in [0.1, 0.15) is 0 Å². The summed E-state index contributed by atoms with van der Waals surface area (Å²) in [6.45, 7) is 1.39. The summed E-state index contributed by atoms with van der Waals surface area (Å²) in [6, 6.07) is 11.1. The molecule has 9 nitrogen and oxygen atoms in total. The van der Waals surface area contributed by atoms with Crippen molar-refractivity contribution >= 4 is 34.9 Å². The predicted octanol–water partition coefficient (Wildman–Crippen LogP) is 3.34. The van der Waals surface area contributed by atoms with Crippen LogP contribution in [0.4, 0.5) is 11.4 Å². The summed E-state index contributed by atoms with van der Waals surface area (Å²) >= 11 is 0. The molecule has 1 saturated carbocycles. The molecule has 2 aromatic rings. The number of anilines is 1. The number of fused-ring (bicyclic) bond motifs is 5. The van der Waals surface area contributed by atoms with Gasteiger partial charge in [-0.2, -0.15) is 0 Å². The van der Waals surface area contributed by atoms with Gasteiger partial charge in [-0.05, 0) is 43.4 Å². The van der Waals surface area contributed by atoms with Gasteiger partial charge < -0.3 is 4.74 Å². The second-order valence-corrected chi connectivity index (χ2v) is 8.84. The highest BCUT2D eigenvalue weighted by molar-refractivity contribution is 6.23. The van der Waals surface area contributed by atoms with Crippen LogP contribution >= 0.6 is 0 Å². The quantitative estimate of drug-likeness (QED) is 0.162. The molecule has 2 aromatic carbocycles. The third-order valence-corrected chi connectivity index (χ3v) is 6.93. The van der Waals surface area contributed by atoms with Crippen LogP contribution in [0.3, 0.4) is 0 Å². The van der Waals surface area contributed by atoms with Gasteiger partial charge in [-0.1, -0.05) is 29.8 Å². The molecule has 0 spiro atoms. The minimum absolute atomic E-state index is 0.0501. The van der Waals surface area contributed by atoms with Crippen LogP contribution in [0.25, 0.3) is 0 Å². The SMILES string of the molecule is CC1=C[C@H]2C[C@H]1[C@H]1C(=O)N(c3cccc(C(=O)OCC(=O)c4cccc([N+](=O)[O-])c4)c3)C(=O)[C@H]12. The van der Waals surface area contributed by atoms with Crippen molar-refractivity contribution in [3.05, 3.63) is 81.4 Å². The molecule has 1 aliphatic heterocycles. The van der Waals surface area contributed by atoms with Gasteiger partial charge in [0.05, 0.1) is 28.0 Å². The summed E-state index contributed by atoms with van der Waals surface area (Å²) in [5.74, 6) is -2.45. The number of nitro benzene ring substituents is 1. The Kier molecular flexibility index (Phi) is 5.11. The van der Waals surface area contributed by atoms with E-state index in [1.165, 1.54) is 30.3 Å². The van der Waals surface area contributed by atoms with Crippen LogP contribution in [0.1, 0.15) is 34.1 Å². The lowest BCUT2D eigenvalue weighted by atomic mass is 9.82. The molecule has 4 atom stereocenters. The average molecular weight is 460 g/mol. The minimum Gasteiger partial charge on any atom is -0.454 e. The number of benzene rings is 2. The molecule has 9 heteroatoms. The molecule has 0 radical (unpaired) electrons. The topological polar surface area (TPSA) is 124 Å². The highest BCUT2D eigenvalue weighted by Crippen LogP contribution is 2.55. The van der Waals surface area contributed by atoms with Crippen molar-refractivity contribution in [2.75, 3.05) is 11.5 Å². The maximum atomic E-state index is 13.1. The molecule has 2 bridgehead atoms. The first-order valence-corrected chi connectivity index (χ1v) is 10.9. The molecule has 3 aliphatic rings. The van der Waals surface area contributed by atoms with Gasteiger partial charge in [-0.15, -0.1) is 0 Å². The van der Waals surface area contributed by atoms with E-state index >= 15 is 0 Å². The first kappa shape index (κ1) is 21.7. The van der Waals surface area contributed by atoms with Gasteiger partial charge in [0.2, 0.25) is 17.6 Å². The summed E-state index contributed by atoms with van der Waals surface area (Å²) in [4.78, 5) is 62.5. The number of Topliss-reactive ketones (excluding diaryl/α,β-unsaturated/α-hetero) is 1. The van der Waals surface area contributed by atoms with Crippen LogP contribution < -0.4 is 4.90 Å². The number of carbonyl (C=O) groups is 4. The van der Waals surface area contributed by atoms with Gasteiger partial charge in [-0.3, -0.25) is 24.5 Å². The molecule has 0 aromatic heterocycles. The first-order valence-electron chi connectivity index (χ1n) is 10.9. The minimum atomic E-state index is -0.808. The summed E-state index contributed by atoms with van der Waals surface area (Å²) < 4.78 is 5.09. The molecule has 2 fully saturated rings. The second kappa shape index (κ2) is 8.02. The highest BCUT2D eigenvalue weighted by atomic mass is 16.6. The lowest BCUT2D eigenvalue weighted by Crippen LogP contribution is -2.33. The number of hydrogen-bond donors (Lipinski definition) is 0. The standard InChI is InChI=1S/C25H20N2O7/c1-13-8-16-11-19(13)22-21(16)23(29)26(24(22)30)17-6-3-5-15(10-17)25(31)34-12-20(28)14-4-2-7-18(9-14)27(32)33/h2-10,16,19,21-22H,11-12H2,1H3/t16-,19+,21-,22+/m0/s1. The molecule has 0 unspecified atom stereocenters. The number of allylic oxidation sites excluding steroid dienone is 2. The van der Waals surface area contributed by atoms with Crippen LogP contribution in [0.5, 0.6) is 0 Å². The molecule has 34 heavy (non-hydrogen) atoms. The monoisotopic (exact) mass is 460 g/mol. The zero-order valence-corrected chi connectivity index (χ0v) is 18.2. The lowest BCUT2D eigenvalue weighted by Gasteiger charge is -2.19. The number of hydrogen-bond acceptors (Lipinski definition) is 7. The van der Waals surface area contributed by atoms with Crippen LogP contribution in [0, 0.1) is 33.8 Å². The van der Waals surface area contributed by atoms with Crippen molar-refractivity contribution in [2.45, 2.75) is 13.3 Å². The van der Waals surface area contributed by atoms with E-state index in [-0.39, 0.29) is 52.3 Å². The Morgan fingerprint density at radius 1 is 1.06 bits per heavy atom. The Bertz CT molecular complexity index is 1300. The van der Waals surface area contributed by atoms with Crippen molar-refractivity contribution in [2.24, 2.45) is 23.7 Å². The number of ether oxygens (including phenoxy) is 1. The highest BCUT2D eigenvalue weighted by Gasteiger charge is 2.60. The maximum absolute atomic E-state index is 13.1. The van der Waals surface area contributed by atoms with Gasteiger partial charge in [-0.25, -0.2) is 9.69 Å². The lowest BCUT2D eigenvalue weighted by molar-refractivity contribution is -0.384. The Hall–Kier alpha value is -4.14. The van der Waals surface area contributed by atoms with E-state index in [0.717, 1.165) is 23.0 Å². The number of ketones is 1. The fraction of sp³-hybridized carbons (Fsp3) is 0.280. The fourth-order valence-electron chi connectivity index (χ4n) is 5.39. The molecule has 5 rings (SSSR count). The maximum Gasteiger partial charge on any atom is 0.338 e. The van der Waals surface area contributed by atoms with E-state index in [1.807, 2.05) is 6.92 Å². The Labute approximate surface area is 194 Å². The number of nitro groups is 1. The predicted molar refractivity (Wildman–Crippen MR) is 119 cm³/mol. The molecule has 2 amide bonds. The Morgan fingerprint density at radius 2 is 1.76 bits per heavy atom. The molecular formula is C25H20N2O7. The van der Waals surface area contributed by atoms with Crippen molar-refractivity contribution in [3.8, 4) is 0 Å². The average Bonchev–Trinajstić information content (AvgIpc) is 3.47.